The lowest BCUT2D eigenvalue weighted by atomic mass is 9.93. The number of quaternary nitrogens is 1. The Morgan fingerprint density at radius 3 is 2.46 bits per heavy atom. The summed E-state index contributed by atoms with van der Waals surface area (Å²) in [5, 5.41) is 3.03. The van der Waals surface area contributed by atoms with Gasteiger partial charge >= 0.3 is 6.03 Å². The lowest BCUT2D eigenvalue weighted by molar-refractivity contribution is -0.886. The highest BCUT2D eigenvalue weighted by Crippen LogP contribution is 2.35. The normalized spacial score (nSPS) is 23.1. The van der Waals surface area contributed by atoms with Crippen LogP contribution in [0.4, 0.5) is 4.79 Å². The quantitative estimate of drug-likeness (QED) is 0.805. The molecule has 0 aliphatic carbocycles. The minimum absolute atomic E-state index is 0.0679. The molecule has 1 fully saturated rings. The zero-order valence-corrected chi connectivity index (χ0v) is 17.1. The number of nitrogens with zero attached hydrogens (tertiary/aromatic N) is 2. The summed E-state index contributed by atoms with van der Waals surface area (Å²) in [5.41, 5.74) is 3.81. The number of hydrogen-bond acceptors (Lipinski definition) is 2. The highest BCUT2D eigenvalue weighted by atomic mass is 16.2. The number of amides is 3. The van der Waals surface area contributed by atoms with Crippen LogP contribution < -0.4 is 10.2 Å². The van der Waals surface area contributed by atoms with E-state index in [0.29, 0.717) is 12.5 Å². The second kappa shape index (κ2) is 7.59. The Kier molecular flexibility index (Phi) is 5.15. The molecule has 0 aromatic heterocycles. The van der Waals surface area contributed by atoms with E-state index in [1.54, 1.807) is 16.8 Å². The van der Waals surface area contributed by atoms with Gasteiger partial charge in [-0.25, -0.2) is 4.79 Å². The van der Waals surface area contributed by atoms with E-state index in [9.17, 15) is 9.59 Å². The molecule has 6 nitrogen and oxygen atoms in total. The van der Waals surface area contributed by atoms with E-state index >= 15 is 0 Å². The summed E-state index contributed by atoms with van der Waals surface area (Å²) in [5.74, 6) is 0.519. The first kappa shape index (κ1) is 19.0. The molecule has 0 spiro atoms. The number of benzene rings is 1. The molecule has 0 radical (unpaired) electrons. The molecule has 3 aliphatic heterocycles. The van der Waals surface area contributed by atoms with Crippen LogP contribution in [0.1, 0.15) is 49.8 Å². The Balaban J connectivity index is 1.56. The number of carbonyl (C=O) groups is 2. The first-order chi connectivity index (χ1) is 13.5. The SMILES string of the molecule is CC(C)c1ccc([C@H]2NC(=O)N(C)C3=C2C(=O)N(CC[NH+]2CCCC2)C3)cc1. The number of carbonyl (C=O) groups excluding carboxylic acids is 2. The van der Waals surface area contributed by atoms with Gasteiger partial charge in [0, 0.05) is 19.9 Å². The molecule has 3 amide bonds. The molecule has 6 heteroatoms. The average Bonchev–Trinajstić information content (AvgIpc) is 3.31. The topological polar surface area (TPSA) is 57.1 Å². The van der Waals surface area contributed by atoms with E-state index in [0.717, 1.165) is 29.9 Å². The van der Waals surface area contributed by atoms with Crippen molar-refractivity contribution >= 4 is 11.9 Å². The zero-order chi connectivity index (χ0) is 19.8. The Bertz CT molecular complexity index is 793. The average molecular weight is 384 g/mol. The van der Waals surface area contributed by atoms with Crippen LogP contribution in [0.5, 0.6) is 0 Å². The van der Waals surface area contributed by atoms with Gasteiger partial charge in [-0.05, 0) is 17.0 Å². The maximum atomic E-state index is 13.2. The molecule has 1 saturated heterocycles. The predicted molar refractivity (Wildman–Crippen MR) is 108 cm³/mol. The minimum Gasteiger partial charge on any atom is -0.333 e. The zero-order valence-electron chi connectivity index (χ0n) is 17.1. The Hall–Kier alpha value is -2.34. The van der Waals surface area contributed by atoms with Crippen molar-refractivity contribution in [2.45, 2.75) is 38.6 Å². The van der Waals surface area contributed by atoms with Crippen molar-refractivity contribution in [3.63, 3.8) is 0 Å². The molecule has 4 rings (SSSR count). The van der Waals surface area contributed by atoms with E-state index in [1.807, 2.05) is 17.0 Å². The van der Waals surface area contributed by atoms with Crippen LogP contribution in [-0.2, 0) is 4.79 Å². The third-order valence-corrected chi connectivity index (χ3v) is 6.42. The third-order valence-electron chi connectivity index (χ3n) is 6.42. The second-order valence-corrected chi connectivity index (χ2v) is 8.56. The number of likely N-dealkylation sites (N-methyl/N-ethyl adjacent to an activating group) is 1. The molecule has 150 valence electrons. The molecule has 3 heterocycles. The van der Waals surface area contributed by atoms with Crippen LogP contribution in [0.3, 0.4) is 0 Å². The number of urea groups is 1. The first-order valence-electron chi connectivity index (χ1n) is 10.5. The van der Waals surface area contributed by atoms with Crippen LogP contribution in [0.15, 0.2) is 35.5 Å². The van der Waals surface area contributed by atoms with Gasteiger partial charge in [0.1, 0.15) is 0 Å². The summed E-state index contributed by atoms with van der Waals surface area (Å²) < 4.78 is 0. The van der Waals surface area contributed by atoms with Gasteiger partial charge in [0.15, 0.2) is 0 Å². The molecule has 2 N–H and O–H groups in total. The summed E-state index contributed by atoms with van der Waals surface area (Å²) in [6.07, 6.45) is 2.57. The summed E-state index contributed by atoms with van der Waals surface area (Å²) in [6.45, 7) is 9.01. The second-order valence-electron chi connectivity index (χ2n) is 8.56. The van der Waals surface area contributed by atoms with E-state index in [4.69, 9.17) is 0 Å². The van der Waals surface area contributed by atoms with E-state index in [2.05, 4.69) is 31.3 Å². The van der Waals surface area contributed by atoms with Crippen molar-refractivity contribution in [1.29, 1.82) is 0 Å². The maximum absolute atomic E-state index is 13.2. The maximum Gasteiger partial charge on any atom is 0.322 e. The van der Waals surface area contributed by atoms with Crippen LogP contribution in [-0.4, -0.2) is 61.5 Å². The van der Waals surface area contributed by atoms with Crippen molar-refractivity contribution in [2.24, 2.45) is 0 Å². The van der Waals surface area contributed by atoms with Gasteiger partial charge in [-0.2, -0.15) is 0 Å². The molecule has 1 aromatic rings. The smallest absolute Gasteiger partial charge is 0.322 e. The standard InChI is InChI=1S/C22H30N4O2/c1-15(2)16-6-8-17(9-7-16)20-19-18(24(3)22(28)23-20)14-26(21(19)27)13-12-25-10-4-5-11-25/h6-9,15,20H,4-5,10-14H2,1-3H3,(H,23,28)/p+1/t20-/m1/s1. The van der Waals surface area contributed by atoms with Crippen molar-refractivity contribution in [1.82, 2.24) is 15.1 Å². The Morgan fingerprint density at radius 1 is 1.14 bits per heavy atom. The minimum atomic E-state index is -0.364. The molecule has 0 unspecified atom stereocenters. The molecular formula is C22H31N4O2+. The number of nitrogens with one attached hydrogen (secondary N) is 2. The molecular weight excluding hydrogens is 352 g/mol. The molecule has 3 aliphatic rings. The van der Waals surface area contributed by atoms with Gasteiger partial charge in [-0.3, -0.25) is 9.69 Å². The van der Waals surface area contributed by atoms with Gasteiger partial charge in [0.25, 0.3) is 5.91 Å². The fourth-order valence-corrected chi connectivity index (χ4v) is 4.55. The Labute approximate surface area is 167 Å². The van der Waals surface area contributed by atoms with Crippen molar-refractivity contribution in [2.75, 3.05) is 39.8 Å². The van der Waals surface area contributed by atoms with Crippen molar-refractivity contribution < 1.29 is 14.5 Å². The molecule has 0 saturated carbocycles. The lowest BCUT2D eigenvalue weighted by Gasteiger charge is -2.31. The van der Waals surface area contributed by atoms with Gasteiger partial charge in [0.05, 0.1) is 50.0 Å². The molecule has 1 atom stereocenters. The number of rotatable bonds is 5. The molecule has 0 bridgehead atoms. The number of hydrogen-bond donors (Lipinski definition) is 2. The highest BCUT2D eigenvalue weighted by molar-refractivity contribution is 6.01. The fourth-order valence-electron chi connectivity index (χ4n) is 4.55. The van der Waals surface area contributed by atoms with Gasteiger partial charge in [0.2, 0.25) is 0 Å². The molecule has 1 aromatic carbocycles. The van der Waals surface area contributed by atoms with Crippen LogP contribution >= 0.6 is 0 Å². The van der Waals surface area contributed by atoms with Gasteiger partial charge < -0.3 is 15.1 Å². The summed E-state index contributed by atoms with van der Waals surface area (Å²) in [6, 6.07) is 7.77. The summed E-state index contributed by atoms with van der Waals surface area (Å²) in [4.78, 5) is 30.9. The highest BCUT2D eigenvalue weighted by Gasteiger charge is 2.43. The van der Waals surface area contributed by atoms with Crippen molar-refractivity contribution in [3.8, 4) is 0 Å². The van der Waals surface area contributed by atoms with Gasteiger partial charge in [-0.1, -0.05) is 38.1 Å². The largest absolute Gasteiger partial charge is 0.333 e. The summed E-state index contributed by atoms with van der Waals surface area (Å²) in [7, 11) is 1.76. The van der Waals surface area contributed by atoms with E-state index in [-0.39, 0.29) is 18.0 Å². The van der Waals surface area contributed by atoms with Crippen molar-refractivity contribution in [3.05, 3.63) is 46.7 Å². The Morgan fingerprint density at radius 2 is 1.82 bits per heavy atom. The monoisotopic (exact) mass is 383 g/mol. The fraction of sp³-hybridized carbons (Fsp3) is 0.545. The van der Waals surface area contributed by atoms with Crippen LogP contribution in [0.25, 0.3) is 0 Å². The van der Waals surface area contributed by atoms with E-state index in [1.165, 1.54) is 31.5 Å². The van der Waals surface area contributed by atoms with E-state index < -0.39 is 0 Å². The first-order valence-corrected chi connectivity index (χ1v) is 10.5. The van der Waals surface area contributed by atoms with Gasteiger partial charge in [-0.15, -0.1) is 0 Å². The lowest BCUT2D eigenvalue weighted by Crippen LogP contribution is -3.10. The summed E-state index contributed by atoms with van der Waals surface area (Å²) >= 11 is 0. The molecule has 28 heavy (non-hydrogen) atoms. The number of likely N-dealkylation sites (tertiary alicyclic amines) is 1. The third kappa shape index (κ3) is 3.41. The van der Waals surface area contributed by atoms with Crippen LogP contribution in [0.2, 0.25) is 0 Å². The van der Waals surface area contributed by atoms with Crippen LogP contribution in [0, 0.1) is 0 Å². The predicted octanol–water partition coefficient (Wildman–Crippen LogP) is 1.28.